The van der Waals surface area contributed by atoms with Crippen molar-refractivity contribution in [3.8, 4) is 0 Å². The van der Waals surface area contributed by atoms with Crippen LogP contribution < -0.4 is 5.32 Å². The second kappa shape index (κ2) is 6.11. The van der Waals surface area contributed by atoms with Gasteiger partial charge in [-0.3, -0.25) is 9.48 Å². The maximum absolute atomic E-state index is 12.9. The van der Waals surface area contributed by atoms with E-state index in [0.717, 1.165) is 11.1 Å². The van der Waals surface area contributed by atoms with Crippen LogP contribution in [0.1, 0.15) is 20.8 Å². The molecule has 3 aromatic rings. The van der Waals surface area contributed by atoms with Crippen LogP contribution in [0.15, 0.2) is 48.1 Å². The summed E-state index contributed by atoms with van der Waals surface area (Å²) in [5.74, 6) is -0.391. The van der Waals surface area contributed by atoms with E-state index in [4.69, 9.17) is 0 Å². The third-order valence-electron chi connectivity index (χ3n) is 3.22. The highest BCUT2D eigenvalue weighted by Gasteiger charge is 2.11. The zero-order valence-corrected chi connectivity index (χ0v) is 12.7. The first-order valence-electron chi connectivity index (χ1n) is 6.74. The highest BCUT2D eigenvalue weighted by Crippen LogP contribution is 2.17. The van der Waals surface area contributed by atoms with E-state index in [2.05, 4.69) is 10.4 Å². The van der Waals surface area contributed by atoms with Gasteiger partial charge < -0.3 is 5.32 Å². The molecule has 0 fully saturated rings. The number of halogens is 1. The van der Waals surface area contributed by atoms with E-state index < -0.39 is 0 Å². The number of carbonyl (C=O) groups is 1. The molecular weight excluding hydrogens is 301 g/mol. The van der Waals surface area contributed by atoms with Crippen LogP contribution in [0.25, 0.3) is 0 Å². The maximum Gasteiger partial charge on any atom is 0.266 e. The van der Waals surface area contributed by atoms with Crippen molar-refractivity contribution in [2.45, 2.75) is 13.5 Å². The maximum atomic E-state index is 12.9. The summed E-state index contributed by atoms with van der Waals surface area (Å²) in [5.41, 5.74) is 2.54. The molecule has 0 aliphatic rings. The van der Waals surface area contributed by atoms with E-state index in [1.807, 2.05) is 18.4 Å². The summed E-state index contributed by atoms with van der Waals surface area (Å²) in [6.07, 6.45) is 3.36. The van der Waals surface area contributed by atoms with Gasteiger partial charge in [0.15, 0.2) is 0 Å². The summed E-state index contributed by atoms with van der Waals surface area (Å²) < 4.78 is 14.6. The first kappa shape index (κ1) is 14.5. The lowest BCUT2D eigenvalue weighted by Gasteiger charge is -2.02. The molecule has 3 rings (SSSR count). The van der Waals surface area contributed by atoms with Crippen molar-refractivity contribution >= 4 is 22.9 Å². The Morgan fingerprint density at radius 3 is 2.77 bits per heavy atom. The standard InChI is InChI=1S/C16H14FN3OS/c1-11-6-7-22-15(11)16(21)19-14-8-18-20(10-14)9-12-2-4-13(17)5-3-12/h2-8,10H,9H2,1H3,(H,19,21). The SMILES string of the molecule is Cc1ccsc1C(=O)Nc1cnn(Cc2ccc(F)cc2)c1. The van der Waals surface area contributed by atoms with Crippen molar-refractivity contribution in [1.82, 2.24) is 9.78 Å². The molecule has 1 N–H and O–H groups in total. The second-order valence-electron chi connectivity index (χ2n) is 4.94. The van der Waals surface area contributed by atoms with Crippen LogP contribution in [-0.4, -0.2) is 15.7 Å². The van der Waals surface area contributed by atoms with Crippen molar-refractivity contribution in [1.29, 1.82) is 0 Å². The Morgan fingerprint density at radius 2 is 2.09 bits per heavy atom. The number of thiophene rings is 1. The average Bonchev–Trinajstić information content (AvgIpc) is 3.10. The second-order valence-corrected chi connectivity index (χ2v) is 5.86. The largest absolute Gasteiger partial charge is 0.319 e. The summed E-state index contributed by atoms with van der Waals surface area (Å²) in [5, 5.41) is 8.92. The molecule has 0 spiro atoms. The molecule has 0 saturated heterocycles. The normalized spacial score (nSPS) is 10.6. The van der Waals surface area contributed by atoms with Crippen LogP contribution in [0, 0.1) is 12.7 Å². The Bertz CT molecular complexity index is 792. The zero-order valence-electron chi connectivity index (χ0n) is 11.9. The fourth-order valence-electron chi connectivity index (χ4n) is 2.08. The quantitative estimate of drug-likeness (QED) is 0.798. The first-order valence-corrected chi connectivity index (χ1v) is 7.62. The summed E-state index contributed by atoms with van der Waals surface area (Å²) in [6, 6.07) is 8.17. The lowest BCUT2D eigenvalue weighted by atomic mass is 10.2. The topological polar surface area (TPSA) is 46.9 Å². The van der Waals surface area contributed by atoms with Crippen molar-refractivity contribution in [2.24, 2.45) is 0 Å². The van der Waals surface area contributed by atoms with Gasteiger partial charge in [-0.25, -0.2) is 4.39 Å². The number of hydrogen-bond donors (Lipinski definition) is 1. The monoisotopic (exact) mass is 315 g/mol. The molecule has 6 heteroatoms. The molecule has 0 radical (unpaired) electrons. The minimum absolute atomic E-state index is 0.131. The number of aromatic nitrogens is 2. The number of rotatable bonds is 4. The molecule has 22 heavy (non-hydrogen) atoms. The Balaban J connectivity index is 1.67. The van der Waals surface area contributed by atoms with Gasteiger partial charge in [0.05, 0.1) is 23.3 Å². The zero-order chi connectivity index (χ0) is 15.5. The van der Waals surface area contributed by atoms with Gasteiger partial charge in [0.25, 0.3) is 5.91 Å². The summed E-state index contributed by atoms with van der Waals surface area (Å²) >= 11 is 1.41. The fourth-order valence-corrected chi connectivity index (χ4v) is 2.90. The van der Waals surface area contributed by atoms with E-state index in [1.54, 1.807) is 29.2 Å². The summed E-state index contributed by atoms with van der Waals surface area (Å²) in [6.45, 7) is 2.43. The van der Waals surface area contributed by atoms with Crippen LogP contribution in [0.2, 0.25) is 0 Å². The Kier molecular flexibility index (Phi) is 4.02. The molecule has 0 saturated carbocycles. The summed E-state index contributed by atoms with van der Waals surface area (Å²) in [7, 11) is 0. The predicted octanol–water partition coefficient (Wildman–Crippen LogP) is 3.69. The molecule has 4 nitrogen and oxygen atoms in total. The van der Waals surface area contributed by atoms with E-state index in [1.165, 1.54) is 23.5 Å². The van der Waals surface area contributed by atoms with Crippen molar-refractivity contribution in [2.75, 3.05) is 5.32 Å². The molecule has 1 amide bonds. The number of aryl methyl sites for hydroxylation is 1. The van der Waals surface area contributed by atoms with Crippen LogP contribution in [-0.2, 0) is 6.54 Å². The number of hydrogen-bond acceptors (Lipinski definition) is 3. The van der Waals surface area contributed by atoms with Crippen molar-refractivity contribution in [3.63, 3.8) is 0 Å². The predicted molar refractivity (Wildman–Crippen MR) is 84.7 cm³/mol. The van der Waals surface area contributed by atoms with Gasteiger partial charge in [-0.05, 0) is 41.6 Å². The molecule has 0 aliphatic heterocycles. The van der Waals surface area contributed by atoms with E-state index in [0.29, 0.717) is 17.1 Å². The van der Waals surface area contributed by atoms with Crippen molar-refractivity contribution < 1.29 is 9.18 Å². The van der Waals surface area contributed by atoms with Crippen LogP contribution >= 0.6 is 11.3 Å². The third kappa shape index (κ3) is 3.23. The lowest BCUT2D eigenvalue weighted by molar-refractivity contribution is 0.103. The number of carbonyl (C=O) groups excluding carboxylic acids is 1. The molecule has 0 aliphatic carbocycles. The van der Waals surface area contributed by atoms with Crippen LogP contribution in [0.3, 0.4) is 0 Å². The number of nitrogens with one attached hydrogen (secondary N) is 1. The van der Waals surface area contributed by atoms with Gasteiger partial charge in [-0.2, -0.15) is 5.10 Å². The molecule has 0 atom stereocenters. The van der Waals surface area contributed by atoms with E-state index in [9.17, 15) is 9.18 Å². The minimum atomic E-state index is -0.261. The summed E-state index contributed by atoms with van der Waals surface area (Å²) in [4.78, 5) is 12.8. The van der Waals surface area contributed by atoms with Gasteiger partial charge >= 0.3 is 0 Å². The molecule has 2 aromatic heterocycles. The number of anilines is 1. The smallest absolute Gasteiger partial charge is 0.266 e. The Morgan fingerprint density at radius 1 is 1.32 bits per heavy atom. The highest BCUT2D eigenvalue weighted by atomic mass is 32.1. The molecule has 0 bridgehead atoms. The van der Waals surface area contributed by atoms with Crippen molar-refractivity contribution in [3.05, 3.63) is 69.9 Å². The van der Waals surface area contributed by atoms with Gasteiger partial charge in [0, 0.05) is 6.20 Å². The molecule has 112 valence electrons. The highest BCUT2D eigenvalue weighted by molar-refractivity contribution is 7.12. The third-order valence-corrected chi connectivity index (χ3v) is 4.23. The van der Waals surface area contributed by atoms with Gasteiger partial charge in [0.2, 0.25) is 0 Å². The lowest BCUT2D eigenvalue weighted by Crippen LogP contribution is -2.10. The average molecular weight is 315 g/mol. The number of benzene rings is 1. The Labute approximate surface area is 131 Å². The van der Waals surface area contributed by atoms with Crippen LogP contribution in [0.4, 0.5) is 10.1 Å². The Hall–Kier alpha value is -2.47. The molecule has 0 unspecified atom stereocenters. The first-order chi connectivity index (χ1) is 10.6. The van der Waals surface area contributed by atoms with Gasteiger partial charge in [-0.15, -0.1) is 11.3 Å². The van der Waals surface area contributed by atoms with Gasteiger partial charge in [0.1, 0.15) is 5.82 Å². The minimum Gasteiger partial charge on any atom is -0.319 e. The van der Waals surface area contributed by atoms with Gasteiger partial charge in [-0.1, -0.05) is 12.1 Å². The van der Waals surface area contributed by atoms with Crippen LogP contribution in [0.5, 0.6) is 0 Å². The molecule has 1 aromatic carbocycles. The number of nitrogens with zero attached hydrogens (tertiary/aromatic N) is 2. The fraction of sp³-hybridized carbons (Fsp3) is 0.125. The molecular formula is C16H14FN3OS. The van der Waals surface area contributed by atoms with E-state index in [-0.39, 0.29) is 11.7 Å². The number of amides is 1. The van der Waals surface area contributed by atoms with E-state index >= 15 is 0 Å². The molecule has 2 heterocycles.